The second-order valence-electron chi connectivity index (χ2n) is 5.90. The molecular formula is C16H27N3O6S. The van der Waals surface area contributed by atoms with Gasteiger partial charge in [-0.1, -0.05) is 6.92 Å². The largest absolute Gasteiger partial charge is 0.465 e. The summed E-state index contributed by atoms with van der Waals surface area (Å²) in [5.41, 5.74) is 0. The molecule has 10 heteroatoms. The van der Waals surface area contributed by atoms with Crippen LogP contribution in [0.2, 0.25) is 0 Å². The number of likely N-dealkylation sites (N-methyl/N-ethyl adjacent to an activating group) is 1. The van der Waals surface area contributed by atoms with Crippen LogP contribution in [-0.2, 0) is 28.7 Å². The Kier molecular flexibility index (Phi) is 10.4. The monoisotopic (exact) mass is 389 g/mol. The third-order valence-corrected chi connectivity index (χ3v) is 4.00. The van der Waals surface area contributed by atoms with E-state index in [4.69, 9.17) is 4.74 Å². The molecule has 0 radical (unpaired) electrons. The smallest absolute Gasteiger partial charge is 0.327 e. The second kappa shape index (κ2) is 12.0. The fourth-order valence-electron chi connectivity index (χ4n) is 2.54. The Balaban J connectivity index is 2.49. The Morgan fingerprint density at radius 2 is 1.69 bits per heavy atom. The van der Waals surface area contributed by atoms with Crippen molar-refractivity contribution in [2.45, 2.75) is 13.8 Å². The molecule has 148 valence electrons. The lowest BCUT2D eigenvalue weighted by Crippen LogP contribution is -2.47. The summed E-state index contributed by atoms with van der Waals surface area (Å²) in [6, 6.07) is 0. The van der Waals surface area contributed by atoms with Gasteiger partial charge in [-0.25, -0.2) is 0 Å². The highest BCUT2D eigenvalue weighted by atomic mass is 32.1. The predicted octanol–water partition coefficient (Wildman–Crippen LogP) is -0.985. The molecule has 1 aliphatic heterocycles. The van der Waals surface area contributed by atoms with Crippen LogP contribution in [0.15, 0.2) is 0 Å². The van der Waals surface area contributed by atoms with E-state index in [2.05, 4.69) is 17.4 Å². The number of morpholine rings is 1. The van der Waals surface area contributed by atoms with Crippen molar-refractivity contribution in [3.63, 3.8) is 0 Å². The molecule has 0 bridgehead atoms. The van der Waals surface area contributed by atoms with Gasteiger partial charge < -0.3 is 9.47 Å². The Hall–Kier alpha value is -1.49. The molecule has 0 atom stereocenters. The SMILES string of the molecule is CCOC(=O)CN(CC)CCN(CCN1CC(=O)OC(=O)C1)CC(=O)S. The van der Waals surface area contributed by atoms with E-state index in [1.54, 1.807) is 11.8 Å². The van der Waals surface area contributed by atoms with Gasteiger partial charge in [0.2, 0.25) is 0 Å². The summed E-state index contributed by atoms with van der Waals surface area (Å²) < 4.78 is 9.44. The summed E-state index contributed by atoms with van der Waals surface area (Å²) >= 11 is 3.83. The van der Waals surface area contributed by atoms with Gasteiger partial charge in [0, 0.05) is 26.2 Å². The first kappa shape index (κ1) is 22.6. The van der Waals surface area contributed by atoms with Crippen molar-refractivity contribution in [1.29, 1.82) is 0 Å². The number of rotatable bonds is 12. The Bertz CT molecular complexity index is 500. The molecule has 0 aromatic heterocycles. The Morgan fingerprint density at radius 3 is 2.23 bits per heavy atom. The fraction of sp³-hybridized carbons (Fsp3) is 0.750. The van der Waals surface area contributed by atoms with Gasteiger partial charge >= 0.3 is 17.9 Å². The Labute approximate surface area is 159 Å². The average molecular weight is 389 g/mol. The molecule has 0 saturated carbocycles. The molecule has 0 spiro atoms. The second-order valence-corrected chi connectivity index (χ2v) is 6.40. The predicted molar refractivity (Wildman–Crippen MR) is 96.7 cm³/mol. The van der Waals surface area contributed by atoms with Crippen LogP contribution in [0.4, 0.5) is 0 Å². The Morgan fingerprint density at radius 1 is 1.08 bits per heavy atom. The first-order valence-corrected chi connectivity index (χ1v) is 9.06. The maximum absolute atomic E-state index is 11.6. The van der Waals surface area contributed by atoms with E-state index in [1.807, 2.05) is 16.7 Å². The number of esters is 3. The van der Waals surface area contributed by atoms with Crippen LogP contribution in [-0.4, -0.2) is 103 Å². The lowest BCUT2D eigenvalue weighted by molar-refractivity contribution is -0.166. The molecule has 1 saturated heterocycles. The van der Waals surface area contributed by atoms with E-state index in [0.29, 0.717) is 39.3 Å². The third kappa shape index (κ3) is 9.27. The van der Waals surface area contributed by atoms with Crippen molar-refractivity contribution in [3.8, 4) is 0 Å². The minimum atomic E-state index is -0.565. The normalized spacial score (nSPS) is 15.4. The van der Waals surface area contributed by atoms with Crippen molar-refractivity contribution in [2.75, 3.05) is 65.5 Å². The first-order valence-electron chi connectivity index (χ1n) is 8.62. The highest BCUT2D eigenvalue weighted by Crippen LogP contribution is 2.02. The summed E-state index contributed by atoms with van der Waals surface area (Å²) in [6.07, 6.45) is 0. The first-order chi connectivity index (χ1) is 12.3. The standard InChI is InChI=1S/C16H27N3O6S/c1-3-17(9-13(20)24-4-2)5-6-18(12-16(23)26)7-8-19-10-14(21)25-15(22)11-19/h3-12H2,1-2H3,(H,23,26). The van der Waals surface area contributed by atoms with Crippen LogP contribution in [0.1, 0.15) is 13.8 Å². The van der Waals surface area contributed by atoms with Crippen LogP contribution in [0.3, 0.4) is 0 Å². The van der Waals surface area contributed by atoms with E-state index in [0.717, 1.165) is 0 Å². The summed E-state index contributed by atoms with van der Waals surface area (Å²) in [6.45, 7) is 7.23. The minimum Gasteiger partial charge on any atom is -0.465 e. The lowest BCUT2D eigenvalue weighted by atomic mass is 10.3. The van der Waals surface area contributed by atoms with Gasteiger partial charge in [-0.15, -0.1) is 12.6 Å². The van der Waals surface area contributed by atoms with Gasteiger partial charge in [-0.05, 0) is 13.5 Å². The van der Waals surface area contributed by atoms with Gasteiger partial charge in [0.25, 0.3) is 0 Å². The van der Waals surface area contributed by atoms with Crippen LogP contribution in [0.25, 0.3) is 0 Å². The van der Waals surface area contributed by atoms with E-state index >= 15 is 0 Å². The summed E-state index contributed by atoms with van der Waals surface area (Å²) in [5.74, 6) is -1.41. The highest BCUT2D eigenvalue weighted by molar-refractivity contribution is 7.96. The average Bonchev–Trinajstić information content (AvgIpc) is 2.55. The van der Waals surface area contributed by atoms with E-state index < -0.39 is 11.9 Å². The van der Waals surface area contributed by atoms with Crippen molar-refractivity contribution < 1.29 is 28.7 Å². The van der Waals surface area contributed by atoms with Crippen molar-refractivity contribution in [3.05, 3.63) is 0 Å². The van der Waals surface area contributed by atoms with Gasteiger partial charge in [0.1, 0.15) is 0 Å². The van der Waals surface area contributed by atoms with Crippen LogP contribution >= 0.6 is 12.6 Å². The molecule has 0 N–H and O–H groups in total. The summed E-state index contributed by atoms with van der Waals surface area (Å²) in [5, 5.41) is -0.271. The number of nitrogens with zero attached hydrogens (tertiary/aromatic N) is 3. The van der Waals surface area contributed by atoms with Crippen molar-refractivity contribution in [1.82, 2.24) is 14.7 Å². The molecule has 0 aliphatic carbocycles. The summed E-state index contributed by atoms with van der Waals surface area (Å²) in [7, 11) is 0. The van der Waals surface area contributed by atoms with Gasteiger partial charge in [0.15, 0.2) is 5.12 Å². The highest BCUT2D eigenvalue weighted by Gasteiger charge is 2.25. The quantitative estimate of drug-likeness (QED) is 0.256. The van der Waals surface area contributed by atoms with Gasteiger partial charge in [-0.3, -0.25) is 33.9 Å². The fourth-order valence-corrected chi connectivity index (χ4v) is 2.74. The number of ether oxygens (including phenoxy) is 2. The molecule has 1 fully saturated rings. The van der Waals surface area contributed by atoms with E-state index in [-0.39, 0.29) is 37.3 Å². The maximum Gasteiger partial charge on any atom is 0.327 e. The van der Waals surface area contributed by atoms with Crippen LogP contribution in [0.5, 0.6) is 0 Å². The van der Waals surface area contributed by atoms with Crippen LogP contribution < -0.4 is 0 Å². The zero-order chi connectivity index (χ0) is 19.5. The lowest BCUT2D eigenvalue weighted by Gasteiger charge is -2.29. The van der Waals surface area contributed by atoms with E-state index in [9.17, 15) is 19.2 Å². The van der Waals surface area contributed by atoms with Crippen molar-refractivity contribution in [2.24, 2.45) is 0 Å². The molecule has 0 aromatic rings. The minimum absolute atomic E-state index is 0.0539. The number of thiol groups is 1. The molecule has 0 amide bonds. The number of hydrogen-bond donors (Lipinski definition) is 1. The molecule has 9 nitrogen and oxygen atoms in total. The van der Waals surface area contributed by atoms with Gasteiger partial charge in [0.05, 0.1) is 32.8 Å². The number of hydrogen-bond acceptors (Lipinski definition) is 9. The molecule has 26 heavy (non-hydrogen) atoms. The van der Waals surface area contributed by atoms with E-state index in [1.165, 1.54) is 0 Å². The molecule has 0 aromatic carbocycles. The molecule has 0 unspecified atom stereocenters. The summed E-state index contributed by atoms with van der Waals surface area (Å²) in [4.78, 5) is 51.1. The number of carbonyl (C=O) groups is 4. The zero-order valence-corrected chi connectivity index (χ0v) is 16.2. The number of carbonyl (C=O) groups excluding carboxylic acids is 4. The van der Waals surface area contributed by atoms with Gasteiger partial charge in [-0.2, -0.15) is 0 Å². The topological polar surface area (TPSA) is 96.5 Å². The molecular weight excluding hydrogens is 362 g/mol. The number of cyclic esters (lactones) is 2. The molecule has 1 heterocycles. The molecule has 1 aliphatic rings. The maximum atomic E-state index is 11.6. The van der Waals surface area contributed by atoms with Crippen molar-refractivity contribution >= 4 is 35.7 Å². The van der Waals surface area contributed by atoms with Crippen LogP contribution in [0, 0.1) is 0 Å². The zero-order valence-electron chi connectivity index (χ0n) is 15.3. The third-order valence-electron chi connectivity index (χ3n) is 3.86. The molecule has 1 rings (SSSR count).